The van der Waals surface area contributed by atoms with Gasteiger partial charge in [0, 0.05) is 31.4 Å². The summed E-state index contributed by atoms with van der Waals surface area (Å²) in [5.74, 6) is 1.72. The zero-order chi connectivity index (χ0) is 14.7. The van der Waals surface area contributed by atoms with Crippen molar-refractivity contribution in [3.05, 3.63) is 65.7 Å². The average molecular weight is 338 g/mol. The van der Waals surface area contributed by atoms with E-state index in [1.165, 1.54) is 5.56 Å². The van der Waals surface area contributed by atoms with Crippen molar-refractivity contribution in [1.29, 1.82) is 0 Å². The van der Waals surface area contributed by atoms with Crippen LogP contribution in [0.4, 0.5) is 0 Å². The monoisotopic (exact) mass is 337 g/mol. The molecule has 0 aliphatic carbocycles. The van der Waals surface area contributed by atoms with Gasteiger partial charge in [0.15, 0.2) is 0 Å². The van der Waals surface area contributed by atoms with Gasteiger partial charge in [-0.25, -0.2) is 0 Å². The second-order valence-corrected chi connectivity index (χ2v) is 6.07. The molecule has 0 aromatic heterocycles. The normalized spacial score (nSPS) is 21.5. The third-order valence-electron chi connectivity index (χ3n) is 4.30. The Morgan fingerprint density at radius 1 is 1.00 bits per heavy atom. The minimum Gasteiger partial charge on any atom is -0.508 e. The molecule has 1 fully saturated rings. The van der Waals surface area contributed by atoms with E-state index < -0.39 is 0 Å². The number of hydrogen-bond donors (Lipinski definition) is 1. The minimum absolute atomic E-state index is 0. The van der Waals surface area contributed by atoms with E-state index in [0.29, 0.717) is 23.5 Å². The van der Waals surface area contributed by atoms with Crippen LogP contribution in [-0.2, 0) is 6.54 Å². The molecule has 1 N–H and O–H groups in total. The highest BCUT2D eigenvalue weighted by atomic mass is 35.5. The first kappa shape index (κ1) is 17.1. The van der Waals surface area contributed by atoms with E-state index in [9.17, 15) is 5.11 Å². The fraction of sp³-hybridized carbons (Fsp3) is 0.333. The maximum atomic E-state index is 10.1. The Morgan fingerprint density at radius 3 is 2.36 bits per heavy atom. The van der Waals surface area contributed by atoms with Crippen molar-refractivity contribution in [1.82, 2.24) is 4.90 Å². The number of benzene rings is 2. The van der Waals surface area contributed by atoms with Gasteiger partial charge in [-0.1, -0.05) is 48.5 Å². The van der Waals surface area contributed by atoms with Crippen molar-refractivity contribution in [2.75, 3.05) is 19.0 Å². The van der Waals surface area contributed by atoms with Gasteiger partial charge in [0.05, 0.1) is 0 Å². The maximum absolute atomic E-state index is 10.1. The molecule has 1 aliphatic heterocycles. The van der Waals surface area contributed by atoms with Crippen molar-refractivity contribution in [2.45, 2.75) is 12.5 Å². The van der Waals surface area contributed by atoms with E-state index in [1.807, 2.05) is 24.3 Å². The second kappa shape index (κ2) is 7.87. The number of para-hydroxylation sites is 1. The Kier molecular flexibility index (Phi) is 6.13. The van der Waals surface area contributed by atoms with Gasteiger partial charge in [0.1, 0.15) is 5.75 Å². The van der Waals surface area contributed by atoms with Gasteiger partial charge in [-0.2, -0.15) is 0 Å². The highest BCUT2D eigenvalue weighted by molar-refractivity contribution is 6.18. The number of likely N-dealkylation sites (tertiary alicyclic amines) is 1. The van der Waals surface area contributed by atoms with E-state index in [0.717, 1.165) is 25.2 Å². The van der Waals surface area contributed by atoms with E-state index in [-0.39, 0.29) is 12.4 Å². The summed E-state index contributed by atoms with van der Waals surface area (Å²) >= 11 is 6.16. The molecule has 1 saturated heterocycles. The molecule has 0 bridgehead atoms. The SMILES string of the molecule is Cl.Oc1ccccc1[C@H]1CN(Cc2ccccc2)C[C@H]1CCl. The molecule has 1 heterocycles. The Bertz CT molecular complexity index is 591. The first-order valence-electron chi connectivity index (χ1n) is 7.38. The van der Waals surface area contributed by atoms with Gasteiger partial charge in [-0.05, 0) is 23.1 Å². The molecule has 0 spiro atoms. The minimum atomic E-state index is 0. The van der Waals surface area contributed by atoms with Crippen LogP contribution in [0.25, 0.3) is 0 Å². The summed E-state index contributed by atoms with van der Waals surface area (Å²) in [6, 6.07) is 18.1. The summed E-state index contributed by atoms with van der Waals surface area (Å²) in [5.41, 5.74) is 2.35. The van der Waals surface area contributed by atoms with Crippen LogP contribution < -0.4 is 0 Å². The Morgan fingerprint density at radius 2 is 1.68 bits per heavy atom. The largest absolute Gasteiger partial charge is 0.508 e. The summed E-state index contributed by atoms with van der Waals surface area (Å²) in [6.07, 6.45) is 0. The maximum Gasteiger partial charge on any atom is 0.119 e. The number of aromatic hydroxyl groups is 1. The highest BCUT2D eigenvalue weighted by Gasteiger charge is 2.34. The standard InChI is InChI=1S/C18H20ClNO.ClH/c19-10-15-12-20(11-14-6-2-1-3-7-14)13-17(15)16-8-4-5-9-18(16)21;/h1-9,15,17,21H,10-13H2;1H/t15-,17+;/m1./s1. The molecule has 1 aliphatic rings. The van der Waals surface area contributed by atoms with Crippen LogP contribution in [0.1, 0.15) is 17.0 Å². The van der Waals surface area contributed by atoms with Crippen molar-refractivity contribution in [2.24, 2.45) is 5.92 Å². The van der Waals surface area contributed by atoms with Crippen molar-refractivity contribution in [3.63, 3.8) is 0 Å². The lowest BCUT2D eigenvalue weighted by Gasteiger charge is -2.17. The summed E-state index contributed by atoms with van der Waals surface area (Å²) in [6.45, 7) is 2.87. The van der Waals surface area contributed by atoms with Crippen LogP contribution in [0.2, 0.25) is 0 Å². The van der Waals surface area contributed by atoms with Gasteiger partial charge in [-0.3, -0.25) is 4.90 Å². The molecular weight excluding hydrogens is 317 g/mol. The predicted molar refractivity (Wildman–Crippen MR) is 94.0 cm³/mol. The van der Waals surface area contributed by atoms with Crippen LogP contribution in [0.15, 0.2) is 54.6 Å². The molecule has 2 aromatic carbocycles. The number of hydrogen-bond acceptors (Lipinski definition) is 2. The molecule has 0 radical (unpaired) electrons. The average Bonchev–Trinajstić information content (AvgIpc) is 2.91. The predicted octanol–water partition coefficient (Wildman–Crippen LogP) is 4.27. The summed E-state index contributed by atoms with van der Waals surface area (Å²) < 4.78 is 0. The van der Waals surface area contributed by atoms with E-state index in [4.69, 9.17) is 11.6 Å². The zero-order valence-corrected chi connectivity index (χ0v) is 13.9. The van der Waals surface area contributed by atoms with Gasteiger partial charge in [0.2, 0.25) is 0 Å². The first-order valence-corrected chi connectivity index (χ1v) is 7.91. The quantitative estimate of drug-likeness (QED) is 0.842. The van der Waals surface area contributed by atoms with Crippen molar-refractivity contribution < 1.29 is 5.11 Å². The lowest BCUT2D eigenvalue weighted by atomic mass is 9.89. The first-order chi connectivity index (χ1) is 10.3. The zero-order valence-electron chi connectivity index (χ0n) is 12.4. The molecule has 0 amide bonds. The third-order valence-corrected chi connectivity index (χ3v) is 4.70. The number of phenols is 1. The van der Waals surface area contributed by atoms with Crippen LogP contribution >= 0.6 is 24.0 Å². The van der Waals surface area contributed by atoms with Crippen molar-refractivity contribution >= 4 is 24.0 Å². The highest BCUT2D eigenvalue weighted by Crippen LogP contribution is 2.37. The van der Waals surface area contributed by atoms with Crippen molar-refractivity contribution in [3.8, 4) is 5.75 Å². The smallest absolute Gasteiger partial charge is 0.119 e. The molecule has 22 heavy (non-hydrogen) atoms. The van der Waals surface area contributed by atoms with Crippen LogP contribution in [-0.4, -0.2) is 29.0 Å². The Hall–Kier alpha value is -1.22. The topological polar surface area (TPSA) is 23.5 Å². The van der Waals surface area contributed by atoms with E-state index >= 15 is 0 Å². The molecule has 2 nitrogen and oxygen atoms in total. The van der Waals surface area contributed by atoms with Crippen LogP contribution in [0.3, 0.4) is 0 Å². The summed E-state index contributed by atoms with van der Waals surface area (Å²) in [4.78, 5) is 2.43. The Balaban J connectivity index is 0.00000176. The molecule has 2 aromatic rings. The molecule has 2 atom stereocenters. The number of halogens is 2. The Labute approximate surface area is 143 Å². The number of rotatable bonds is 4. The molecule has 118 valence electrons. The number of alkyl halides is 1. The lowest BCUT2D eigenvalue weighted by molar-refractivity contribution is 0.319. The fourth-order valence-electron chi connectivity index (χ4n) is 3.24. The fourth-order valence-corrected chi connectivity index (χ4v) is 3.55. The molecule has 4 heteroatoms. The van der Waals surface area contributed by atoms with E-state index in [1.54, 1.807) is 6.07 Å². The second-order valence-electron chi connectivity index (χ2n) is 5.76. The third kappa shape index (κ3) is 3.75. The molecular formula is C18H21Cl2NO. The number of phenolic OH excluding ortho intramolecular Hbond substituents is 1. The number of nitrogens with zero attached hydrogens (tertiary/aromatic N) is 1. The summed E-state index contributed by atoms with van der Waals surface area (Å²) in [5, 5.41) is 10.1. The van der Waals surface area contributed by atoms with E-state index in [2.05, 4.69) is 29.2 Å². The van der Waals surface area contributed by atoms with Gasteiger partial charge >= 0.3 is 0 Å². The molecule has 0 unspecified atom stereocenters. The van der Waals surface area contributed by atoms with Gasteiger partial charge in [-0.15, -0.1) is 24.0 Å². The molecule has 3 rings (SSSR count). The van der Waals surface area contributed by atoms with Crippen LogP contribution in [0, 0.1) is 5.92 Å². The van der Waals surface area contributed by atoms with Crippen LogP contribution in [0.5, 0.6) is 5.75 Å². The van der Waals surface area contributed by atoms with Gasteiger partial charge < -0.3 is 5.11 Å². The van der Waals surface area contributed by atoms with Gasteiger partial charge in [0.25, 0.3) is 0 Å². The summed E-state index contributed by atoms with van der Waals surface area (Å²) in [7, 11) is 0. The molecule has 0 saturated carbocycles. The lowest BCUT2D eigenvalue weighted by Crippen LogP contribution is -2.20.